The molecule has 0 bridgehead atoms. The highest BCUT2D eigenvalue weighted by Gasteiger charge is 2.34. The lowest BCUT2D eigenvalue weighted by Crippen LogP contribution is -2.47. The van der Waals surface area contributed by atoms with Crippen LogP contribution in [0.3, 0.4) is 0 Å². The van der Waals surface area contributed by atoms with Crippen LogP contribution in [0.1, 0.15) is 132 Å². The zero-order valence-corrected chi connectivity index (χ0v) is 32.7. The third-order valence-electron chi connectivity index (χ3n) is 6.74. The molecule has 0 radical (unpaired) electrons. The van der Waals surface area contributed by atoms with Crippen molar-refractivity contribution in [3.05, 3.63) is 60.8 Å². The lowest BCUT2D eigenvalue weighted by atomic mass is 9.87. The number of nitrogens with one attached hydrogen (secondary N) is 2. The second-order valence-electron chi connectivity index (χ2n) is 11.7. The molecule has 0 unspecified atom stereocenters. The van der Waals surface area contributed by atoms with E-state index < -0.39 is 17.4 Å². The molecule has 0 aromatic carbocycles. The Labute approximate surface area is 299 Å². The van der Waals surface area contributed by atoms with Crippen LogP contribution < -0.4 is 10.6 Å². The molecule has 0 spiro atoms. The summed E-state index contributed by atoms with van der Waals surface area (Å²) >= 11 is 1.64. The van der Waals surface area contributed by atoms with Crippen molar-refractivity contribution in [3.63, 3.8) is 0 Å². The lowest BCUT2D eigenvalue weighted by molar-refractivity contribution is -0.153. The summed E-state index contributed by atoms with van der Waals surface area (Å²) in [6.45, 7) is 14.6. The fraction of sp³-hybridized carbons (Fsp3) is 0.675. The van der Waals surface area contributed by atoms with Gasteiger partial charge in [-0.15, -0.1) is 0 Å². The maximum atomic E-state index is 12.3. The van der Waals surface area contributed by atoms with E-state index in [-0.39, 0.29) is 37.9 Å². The summed E-state index contributed by atoms with van der Waals surface area (Å²) in [5.74, 6) is -0.263. The first kappa shape index (κ1) is 49.8. The summed E-state index contributed by atoms with van der Waals surface area (Å²) in [7, 11) is 0. The Kier molecular flexibility index (Phi) is 40.3. The molecule has 48 heavy (non-hydrogen) atoms. The Balaban J connectivity index is -0.00000226. The molecule has 3 N–H and O–H groups in total. The molecule has 0 heterocycles. The monoisotopic (exact) mass is 693 g/mol. The average molecular weight is 693 g/mol. The zero-order chi connectivity index (χ0) is 36.7. The van der Waals surface area contributed by atoms with Crippen molar-refractivity contribution in [3.8, 4) is 0 Å². The van der Waals surface area contributed by atoms with Crippen LogP contribution in [0.4, 0.5) is 0 Å². The van der Waals surface area contributed by atoms with Crippen molar-refractivity contribution in [1.29, 1.82) is 0 Å². The Bertz CT molecular complexity index is 905. The van der Waals surface area contributed by atoms with Crippen LogP contribution in [-0.4, -0.2) is 60.7 Å². The highest BCUT2D eigenvalue weighted by Crippen LogP contribution is 2.22. The quantitative estimate of drug-likeness (QED) is 0.0474. The van der Waals surface area contributed by atoms with Crippen LogP contribution in [0, 0.1) is 5.41 Å². The lowest BCUT2D eigenvalue weighted by Gasteiger charge is -2.29. The highest BCUT2D eigenvalue weighted by atomic mass is 32.2. The van der Waals surface area contributed by atoms with Crippen LogP contribution in [0.2, 0.25) is 0 Å². The van der Waals surface area contributed by atoms with E-state index in [1.54, 1.807) is 25.6 Å². The van der Waals surface area contributed by atoms with Crippen molar-refractivity contribution in [1.82, 2.24) is 10.6 Å². The minimum absolute atomic E-state index is 0.0722. The van der Waals surface area contributed by atoms with Gasteiger partial charge in [-0.1, -0.05) is 135 Å². The van der Waals surface area contributed by atoms with E-state index >= 15 is 0 Å². The number of unbranched alkanes of at least 4 members (excludes halogenated alkanes) is 4. The van der Waals surface area contributed by atoms with Gasteiger partial charge in [-0.05, 0) is 51.2 Å². The van der Waals surface area contributed by atoms with Crippen LogP contribution in [-0.2, 0) is 19.1 Å². The number of carbonyl (C=O) groups excluding carboxylic acids is 3. The molecule has 0 aliphatic heterocycles. The second-order valence-corrected chi connectivity index (χ2v) is 12.7. The Morgan fingerprint density at radius 3 is 1.71 bits per heavy atom. The molecule has 8 heteroatoms. The molecule has 0 aromatic rings. The predicted octanol–water partition coefficient (Wildman–Crippen LogP) is 9.44. The summed E-state index contributed by atoms with van der Waals surface area (Å²) in [6, 6.07) is 0. The van der Waals surface area contributed by atoms with Gasteiger partial charge < -0.3 is 20.5 Å². The molecule has 0 aromatic heterocycles. The Morgan fingerprint density at radius 2 is 1.23 bits per heavy atom. The molecule has 0 fully saturated rings. The first-order valence-electron chi connectivity index (χ1n) is 18.3. The topological polar surface area (TPSA) is 105 Å². The summed E-state index contributed by atoms with van der Waals surface area (Å²) in [4.78, 5) is 36.1. The summed E-state index contributed by atoms with van der Waals surface area (Å²) in [5, 5.41) is 15.7. The predicted molar refractivity (Wildman–Crippen MR) is 209 cm³/mol. The number of hydrogen-bond donors (Lipinski definition) is 3. The third kappa shape index (κ3) is 36.3. The van der Waals surface area contributed by atoms with Crippen LogP contribution in [0.15, 0.2) is 60.8 Å². The molecule has 0 aliphatic rings. The molecular weight excluding hydrogens is 621 g/mol. The smallest absolute Gasteiger partial charge is 0.305 e. The van der Waals surface area contributed by atoms with Gasteiger partial charge in [0.2, 0.25) is 11.8 Å². The van der Waals surface area contributed by atoms with Gasteiger partial charge in [0, 0.05) is 37.1 Å². The SMILES string of the molecule is CC.CC/C=C\C/C=C\C/C=C\C/C=C\C/C=C\CCCC(=O)OCC(C)(C)[C@@H](O)C(=O)NCCC(=O)NCCSC.CCCCCC. The molecule has 0 rings (SSSR count). The highest BCUT2D eigenvalue weighted by molar-refractivity contribution is 7.98. The number of rotatable bonds is 26. The molecule has 0 aliphatic carbocycles. The summed E-state index contributed by atoms with van der Waals surface area (Å²) in [6.07, 6.45) is 34.3. The van der Waals surface area contributed by atoms with Gasteiger partial charge in [0.15, 0.2) is 0 Å². The third-order valence-corrected chi connectivity index (χ3v) is 7.35. The van der Waals surface area contributed by atoms with Gasteiger partial charge in [-0.25, -0.2) is 0 Å². The van der Waals surface area contributed by atoms with Crippen molar-refractivity contribution >= 4 is 29.5 Å². The van der Waals surface area contributed by atoms with Crippen molar-refractivity contribution in [2.75, 3.05) is 31.7 Å². The fourth-order valence-corrected chi connectivity index (χ4v) is 4.09. The summed E-state index contributed by atoms with van der Waals surface area (Å²) in [5.41, 5.74) is -0.954. The number of ether oxygens (including phenoxy) is 1. The van der Waals surface area contributed by atoms with Gasteiger partial charge >= 0.3 is 5.97 Å². The molecule has 1 atom stereocenters. The van der Waals surface area contributed by atoms with E-state index in [9.17, 15) is 19.5 Å². The fourth-order valence-electron chi connectivity index (χ4n) is 3.78. The van der Waals surface area contributed by atoms with Gasteiger partial charge in [0.25, 0.3) is 0 Å². The van der Waals surface area contributed by atoms with E-state index in [0.717, 1.165) is 44.3 Å². The van der Waals surface area contributed by atoms with E-state index in [2.05, 4.69) is 92.2 Å². The number of aliphatic hydroxyl groups is 1. The van der Waals surface area contributed by atoms with Gasteiger partial charge in [-0.3, -0.25) is 14.4 Å². The number of amides is 2. The second kappa shape index (κ2) is 38.9. The minimum atomic E-state index is -1.36. The summed E-state index contributed by atoms with van der Waals surface area (Å²) < 4.78 is 5.31. The van der Waals surface area contributed by atoms with Crippen LogP contribution in [0.5, 0.6) is 0 Å². The minimum Gasteiger partial charge on any atom is -0.465 e. The standard InChI is InChI=1S/C32H52N2O5S.C6H14.C2H6/c1-5-6-7-8-9-10-11-12-13-14-15-16-17-18-19-20-21-22-29(36)39-27-32(2,3)30(37)31(38)34-24-23-28(35)33-25-26-40-4;1-3-5-6-4-2;1-2/h6-7,9-10,12-13,15-16,18-19,30,37H,5,8,11,14,17,20-27H2,1-4H3,(H,33,35)(H,34,38);3-6H2,1-2H3;1-2H3/b7-6-,10-9-,13-12-,16-15-,19-18-;;/t30-;;/m0../s1. The van der Waals surface area contributed by atoms with Crippen LogP contribution >= 0.6 is 11.8 Å². The number of aliphatic hydroxyl groups excluding tert-OH is 1. The van der Waals surface area contributed by atoms with Gasteiger partial charge in [0.05, 0.1) is 6.61 Å². The molecular formula is C40H72N2O5S. The molecule has 7 nitrogen and oxygen atoms in total. The van der Waals surface area contributed by atoms with Crippen molar-refractivity contribution in [2.45, 2.75) is 138 Å². The first-order chi connectivity index (χ1) is 23.2. The maximum Gasteiger partial charge on any atom is 0.305 e. The van der Waals surface area contributed by atoms with E-state index in [1.807, 2.05) is 20.1 Å². The molecule has 0 saturated heterocycles. The van der Waals surface area contributed by atoms with E-state index in [4.69, 9.17) is 4.74 Å². The number of allylic oxidation sites excluding steroid dienone is 10. The first-order valence-corrected chi connectivity index (χ1v) is 19.7. The molecule has 278 valence electrons. The molecule has 0 saturated carbocycles. The van der Waals surface area contributed by atoms with Gasteiger partial charge in [0.1, 0.15) is 6.10 Å². The van der Waals surface area contributed by atoms with Crippen LogP contribution in [0.25, 0.3) is 0 Å². The van der Waals surface area contributed by atoms with Gasteiger partial charge in [-0.2, -0.15) is 11.8 Å². The van der Waals surface area contributed by atoms with Crippen molar-refractivity contribution < 1.29 is 24.2 Å². The molecule has 2 amide bonds. The average Bonchev–Trinajstić information content (AvgIpc) is 3.08. The van der Waals surface area contributed by atoms with E-state index in [0.29, 0.717) is 13.0 Å². The Hall–Kier alpha value is -2.58. The number of thioether (sulfide) groups is 1. The number of esters is 1. The van der Waals surface area contributed by atoms with Crippen molar-refractivity contribution in [2.24, 2.45) is 5.41 Å². The normalized spacial score (nSPS) is 12.3. The Morgan fingerprint density at radius 1 is 0.729 bits per heavy atom. The largest absolute Gasteiger partial charge is 0.465 e. The zero-order valence-electron chi connectivity index (χ0n) is 31.9. The number of carbonyl (C=O) groups is 3. The number of hydrogen-bond acceptors (Lipinski definition) is 6. The van der Waals surface area contributed by atoms with E-state index in [1.165, 1.54) is 25.7 Å². The maximum absolute atomic E-state index is 12.3.